The number of anilines is 1. The highest BCUT2D eigenvalue weighted by Gasteiger charge is 2.26. The third-order valence-corrected chi connectivity index (χ3v) is 3.80. The third-order valence-electron chi connectivity index (χ3n) is 2.34. The van der Waals surface area contributed by atoms with Crippen LogP contribution in [0, 0.1) is 0 Å². The van der Waals surface area contributed by atoms with Crippen LogP contribution in [0.1, 0.15) is 16.6 Å². The van der Waals surface area contributed by atoms with Gasteiger partial charge in [0.15, 0.2) is 12.4 Å². The van der Waals surface area contributed by atoms with Gasteiger partial charge >= 0.3 is 5.97 Å². The van der Waals surface area contributed by atoms with Gasteiger partial charge in [-0.3, -0.25) is 0 Å². The van der Waals surface area contributed by atoms with E-state index >= 15 is 0 Å². The van der Waals surface area contributed by atoms with Gasteiger partial charge in [0.1, 0.15) is 14.8 Å². The maximum Gasteiger partial charge on any atom is 0.350 e. The molecule has 0 fully saturated rings. The van der Waals surface area contributed by atoms with Crippen LogP contribution < -0.4 is 10.3 Å². The molecule has 4 nitrogen and oxygen atoms in total. The molecule has 18 heavy (non-hydrogen) atoms. The standard InChI is InChI=1S/C12H12N2O2S2/c1-2-16-11(15)10-8(13)9(12(17)18-10)14-6-4-3-5-7-14/h3-7H,2H2,1H3,(H2-,13,15,17)/p+1. The van der Waals surface area contributed by atoms with Gasteiger partial charge in [0, 0.05) is 12.1 Å². The van der Waals surface area contributed by atoms with Crippen molar-refractivity contribution in [3.63, 3.8) is 0 Å². The molecule has 94 valence electrons. The van der Waals surface area contributed by atoms with Crippen molar-refractivity contribution >= 4 is 35.6 Å². The fourth-order valence-corrected chi connectivity index (χ4v) is 2.93. The van der Waals surface area contributed by atoms with Crippen LogP contribution in [0.3, 0.4) is 0 Å². The van der Waals surface area contributed by atoms with Gasteiger partial charge in [0.05, 0.1) is 6.61 Å². The summed E-state index contributed by atoms with van der Waals surface area (Å²) in [6.07, 6.45) is 3.71. The minimum absolute atomic E-state index is 0.325. The monoisotopic (exact) mass is 281 g/mol. The Kier molecular flexibility index (Phi) is 3.88. The number of esters is 1. The van der Waals surface area contributed by atoms with Gasteiger partial charge in [-0.15, -0.1) is 24.0 Å². The number of hydrogen-bond acceptors (Lipinski definition) is 5. The number of carbonyl (C=O) groups excluding carboxylic acids is 1. The van der Waals surface area contributed by atoms with Crippen LogP contribution in [0.15, 0.2) is 34.8 Å². The number of carbonyl (C=O) groups is 1. The van der Waals surface area contributed by atoms with E-state index in [1.165, 1.54) is 11.3 Å². The summed E-state index contributed by atoms with van der Waals surface area (Å²) < 4.78 is 7.48. The first-order chi connectivity index (χ1) is 8.65. The Morgan fingerprint density at radius 1 is 1.44 bits per heavy atom. The van der Waals surface area contributed by atoms with E-state index in [0.717, 1.165) is 0 Å². The molecule has 0 saturated carbocycles. The first kappa shape index (κ1) is 12.9. The Balaban J connectivity index is 2.48. The number of thiophene rings is 1. The minimum atomic E-state index is -0.405. The fraction of sp³-hybridized carbons (Fsp3) is 0.167. The van der Waals surface area contributed by atoms with Crippen LogP contribution in [0.2, 0.25) is 0 Å². The summed E-state index contributed by atoms with van der Waals surface area (Å²) in [5.41, 5.74) is 7.12. The largest absolute Gasteiger partial charge is 0.462 e. The normalized spacial score (nSPS) is 10.3. The van der Waals surface area contributed by atoms with Gasteiger partial charge in [-0.25, -0.2) is 4.79 Å². The molecule has 0 spiro atoms. The Hall–Kier alpha value is -1.53. The van der Waals surface area contributed by atoms with E-state index in [-0.39, 0.29) is 0 Å². The lowest BCUT2D eigenvalue weighted by atomic mass is 10.3. The van der Waals surface area contributed by atoms with Gasteiger partial charge in [0.2, 0.25) is 0 Å². The van der Waals surface area contributed by atoms with E-state index in [2.05, 4.69) is 12.6 Å². The summed E-state index contributed by atoms with van der Waals surface area (Å²) >= 11 is 5.60. The van der Waals surface area contributed by atoms with Gasteiger partial charge in [-0.2, -0.15) is 4.57 Å². The fourth-order valence-electron chi connectivity index (χ4n) is 1.57. The molecule has 0 aromatic carbocycles. The number of hydrogen-bond donors (Lipinski definition) is 2. The van der Waals surface area contributed by atoms with Crippen LogP contribution >= 0.6 is 24.0 Å². The van der Waals surface area contributed by atoms with Crippen LogP contribution in [0.5, 0.6) is 0 Å². The number of rotatable bonds is 3. The second kappa shape index (κ2) is 5.41. The highest BCUT2D eigenvalue weighted by atomic mass is 32.2. The summed E-state index contributed by atoms with van der Waals surface area (Å²) in [6, 6.07) is 5.67. The van der Waals surface area contributed by atoms with E-state index in [1.807, 2.05) is 35.2 Å². The van der Waals surface area contributed by atoms with Crippen molar-refractivity contribution in [2.24, 2.45) is 0 Å². The first-order valence-electron chi connectivity index (χ1n) is 5.40. The maximum absolute atomic E-state index is 11.7. The molecule has 0 aliphatic rings. The molecule has 2 aromatic heterocycles. The van der Waals surface area contributed by atoms with Crippen LogP contribution in [-0.4, -0.2) is 12.6 Å². The molecule has 2 aromatic rings. The average Bonchev–Trinajstić information content (AvgIpc) is 2.66. The molecule has 0 radical (unpaired) electrons. The van der Waals surface area contributed by atoms with Gasteiger partial charge in [0.25, 0.3) is 5.69 Å². The summed E-state index contributed by atoms with van der Waals surface area (Å²) in [6.45, 7) is 2.09. The third kappa shape index (κ3) is 2.34. The van der Waals surface area contributed by atoms with Crippen molar-refractivity contribution in [3.05, 3.63) is 35.5 Å². The van der Waals surface area contributed by atoms with E-state index in [0.29, 0.717) is 27.1 Å². The van der Waals surface area contributed by atoms with Crippen molar-refractivity contribution in [1.82, 2.24) is 0 Å². The van der Waals surface area contributed by atoms with Gasteiger partial charge < -0.3 is 10.5 Å². The SMILES string of the molecule is CCOC(=O)c1sc(S)c(-[n+]2ccccc2)c1N. The highest BCUT2D eigenvalue weighted by molar-refractivity contribution is 7.83. The number of thiol groups is 1. The predicted octanol–water partition coefficient (Wildman–Crippen LogP) is 2.07. The molecule has 2 rings (SSSR count). The number of nitrogen functional groups attached to an aromatic ring is 1. The van der Waals surface area contributed by atoms with Crippen molar-refractivity contribution in [3.8, 4) is 5.69 Å². The van der Waals surface area contributed by atoms with Crippen molar-refractivity contribution < 1.29 is 14.1 Å². The maximum atomic E-state index is 11.7. The number of aromatic nitrogens is 1. The number of ether oxygens (including phenoxy) is 1. The molecule has 6 heteroatoms. The molecular formula is C12H13N2O2S2+. The molecule has 2 heterocycles. The van der Waals surface area contributed by atoms with E-state index in [4.69, 9.17) is 10.5 Å². The van der Waals surface area contributed by atoms with Gasteiger partial charge in [-0.05, 0) is 6.92 Å². The Morgan fingerprint density at radius 3 is 2.72 bits per heavy atom. The zero-order chi connectivity index (χ0) is 13.1. The summed E-state index contributed by atoms with van der Waals surface area (Å²) in [5, 5.41) is 0. The molecule has 0 amide bonds. The van der Waals surface area contributed by atoms with E-state index in [9.17, 15) is 4.79 Å². The Labute approximate surface area is 114 Å². The summed E-state index contributed by atoms with van der Waals surface area (Å²) in [7, 11) is 0. The van der Waals surface area contributed by atoms with Crippen LogP contribution in [0.25, 0.3) is 5.69 Å². The molecular weight excluding hydrogens is 268 g/mol. The summed E-state index contributed by atoms with van der Waals surface area (Å²) in [5.74, 6) is -0.405. The number of nitrogens with zero attached hydrogens (tertiary/aromatic N) is 1. The average molecular weight is 281 g/mol. The molecule has 0 aliphatic heterocycles. The summed E-state index contributed by atoms with van der Waals surface area (Å²) in [4.78, 5) is 12.1. The predicted molar refractivity (Wildman–Crippen MR) is 73.5 cm³/mol. The number of pyridine rings is 1. The van der Waals surface area contributed by atoms with Crippen molar-refractivity contribution in [1.29, 1.82) is 0 Å². The van der Waals surface area contributed by atoms with E-state index < -0.39 is 5.97 Å². The van der Waals surface area contributed by atoms with Crippen molar-refractivity contribution in [2.45, 2.75) is 11.1 Å². The molecule has 0 unspecified atom stereocenters. The minimum Gasteiger partial charge on any atom is -0.462 e. The Morgan fingerprint density at radius 2 is 2.11 bits per heavy atom. The zero-order valence-electron chi connectivity index (χ0n) is 9.79. The number of nitrogens with two attached hydrogens (primary N) is 1. The lowest BCUT2D eigenvalue weighted by Crippen LogP contribution is -2.30. The second-order valence-corrected chi connectivity index (χ2v) is 5.27. The van der Waals surface area contributed by atoms with Crippen LogP contribution in [0.4, 0.5) is 5.69 Å². The second-order valence-electron chi connectivity index (χ2n) is 3.50. The Bertz CT molecular complexity index is 567. The topological polar surface area (TPSA) is 56.2 Å². The first-order valence-corrected chi connectivity index (χ1v) is 6.66. The van der Waals surface area contributed by atoms with E-state index in [1.54, 1.807) is 6.92 Å². The van der Waals surface area contributed by atoms with Crippen LogP contribution in [-0.2, 0) is 4.74 Å². The van der Waals surface area contributed by atoms with Gasteiger partial charge in [-0.1, -0.05) is 6.07 Å². The molecule has 0 saturated heterocycles. The molecule has 0 atom stereocenters. The zero-order valence-corrected chi connectivity index (χ0v) is 11.5. The smallest absolute Gasteiger partial charge is 0.350 e. The molecule has 2 N–H and O–H groups in total. The lowest BCUT2D eigenvalue weighted by molar-refractivity contribution is -0.596. The molecule has 0 aliphatic carbocycles. The lowest BCUT2D eigenvalue weighted by Gasteiger charge is -1.99. The quantitative estimate of drug-likeness (QED) is 0.514. The van der Waals surface area contributed by atoms with Crippen molar-refractivity contribution in [2.75, 3.05) is 12.3 Å². The highest BCUT2D eigenvalue weighted by Crippen LogP contribution is 2.34. The molecule has 0 bridgehead atoms.